The van der Waals surface area contributed by atoms with E-state index >= 15 is 0 Å². The van der Waals surface area contributed by atoms with Crippen molar-refractivity contribution in [2.45, 2.75) is 19.3 Å². The van der Waals surface area contributed by atoms with E-state index in [1.54, 1.807) is 0 Å². The number of aromatic nitrogens is 2. The minimum atomic E-state index is -1.25. The quantitative estimate of drug-likeness (QED) is 0.664. The summed E-state index contributed by atoms with van der Waals surface area (Å²) in [6.45, 7) is 1.53. The van der Waals surface area contributed by atoms with Gasteiger partial charge in [-0.1, -0.05) is 5.16 Å². The maximum atomic E-state index is 14.4. The molecule has 1 amide bonds. The largest absolute Gasteiger partial charge is 0.465 e. The minimum Gasteiger partial charge on any atom is -0.465 e. The van der Waals surface area contributed by atoms with Crippen LogP contribution in [0.2, 0.25) is 0 Å². The summed E-state index contributed by atoms with van der Waals surface area (Å²) in [7, 11) is 0. The topological polar surface area (TPSA) is 123 Å². The Balaban J connectivity index is 1.96. The monoisotopic (exact) mass is 354 g/mol. The third-order valence-electron chi connectivity index (χ3n) is 4.10. The van der Waals surface area contributed by atoms with Gasteiger partial charge in [-0.15, -0.1) is 0 Å². The lowest BCUT2D eigenvalue weighted by molar-refractivity contribution is -0.388. The summed E-state index contributed by atoms with van der Waals surface area (Å²) >= 11 is 0. The van der Waals surface area contributed by atoms with Crippen LogP contribution in [0.4, 0.5) is 19.3 Å². The van der Waals surface area contributed by atoms with E-state index in [0.717, 1.165) is 13.0 Å². The molecule has 1 aromatic carbocycles. The average molecular weight is 354 g/mol. The normalized spacial score (nSPS) is 17.1. The molecular formula is C14H12F2N4O5. The van der Waals surface area contributed by atoms with Gasteiger partial charge in [0.15, 0.2) is 0 Å². The van der Waals surface area contributed by atoms with E-state index < -0.39 is 39.5 Å². The Morgan fingerprint density at radius 2 is 2.24 bits per heavy atom. The predicted molar refractivity (Wildman–Crippen MR) is 78.0 cm³/mol. The van der Waals surface area contributed by atoms with Crippen molar-refractivity contribution >= 4 is 11.8 Å². The van der Waals surface area contributed by atoms with E-state index in [1.165, 1.54) is 4.90 Å². The third kappa shape index (κ3) is 2.88. The Morgan fingerprint density at radius 1 is 1.52 bits per heavy atom. The molecule has 0 saturated carbocycles. The molecule has 0 radical (unpaired) electrons. The lowest BCUT2D eigenvalue weighted by atomic mass is 10.1. The molecule has 0 spiro atoms. The number of hydrogen-bond donors (Lipinski definition) is 1. The Bertz CT molecular complexity index is 869. The molecule has 1 fully saturated rings. The third-order valence-corrected chi connectivity index (χ3v) is 4.10. The molecule has 2 aromatic rings. The van der Waals surface area contributed by atoms with Crippen LogP contribution in [0, 0.1) is 28.7 Å². The van der Waals surface area contributed by atoms with Gasteiger partial charge in [-0.05, 0) is 19.4 Å². The van der Waals surface area contributed by atoms with Crippen molar-refractivity contribution in [2.75, 3.05) is 13.1 Å². The first-order chi connectivity index (χ1) is 11.8. The van der Waals surface area contributed by atoms with Crippen molar-refractivity contribution < 1.29 is 28.1 Å². The Morgan fingerprint density at radius 3 is 2.84 bits per heavy atom. The molecule has 1 N–H and O–H groups in total. The number of nitro benzene ring substituents is 1. The van der Waals surface area contributed by atoms with Crippen molar-refractivity contribution in [1.29, 1.82) is 0 Å². The smallest absolute Gasteiger partial charge is 0.407 e. The molecule has 1 saturated heterocycles. The second kappa shape index (κ2) is 6.07. The van der Waals surface area contributed by atoms with Crippen molar-refractivity contribution in [3.05, 3.63) is 39.3 Å². The SMILES string of the molecule is Cc1c(F)cc(-c2noc(C3CCN(C(=O)O)C3)n2)c(F)c1[N+](=O)[O-]. The van der Waals surface area contributed by atoms with Crippen LogP contribution in [0.5, 0.6) is 0 Å². The fraction of sp³-hybridized carbons (Fsp3) is 0.357. The zero-order valence-corrected chi connectivity index (χ0v) is 12.9. The van der Waals surface area contributed by atoms with Crippen LogP contribution in [0.25, 0.3) is 11.4 Å². The van der Waals surface area contributed by atoms with Crippen molar-refractivity contribution in [2.24, 2.45) is 0 Å². The Kier molecular flexibility index (Phi) is 4.07. The Labute approximate surface area is 139 Å². The fourth-order valence-corrected chi connectivity index (χ4v) is 2.73. The summed E-state index contributed by atoms with van der Waals surface area (Å²) in [5, 5.41) is 23.5. The standard InChI is InChI=1S/C14H12F2N4O5/c1-6-9(15)4-8(10(16)11(6)20(23)24)12-17-13(25-18-12)7-2-3-19(5-7)14(21)22/h4,7H,2-3,5H2,1H3,(H,21,22). The van der Waals surface area contributed by atoms with Gasteiger partial charge in [-0.3, -0.25) is 10.1 Å². The molecule has 1 unspecified atom stereocenters. The van der Waals surface area contributed by atoms with Gasteiger partial charge >= 0.3 is 11.8 Å². The number of benzene rings is 1. The van der Waals surface area contributed by atoms with Crippen LogP contribution in [0.15, 0.2) is 10.6 Å². The van der Waals surface area contributed by atoms with Crippen LogP contribution in [0.3, 0.4) is 0 Å². The van der Waals surface area contributed by atoms with Crippen molar-refractivity contribution in [1.82, 2.24) is 15.0 Å². The van der Waals surface area contributed by atoms with E-state index in [0.29, 0.717) is 6.42 Å². The molecule has 0 bridgehead atoms. The fourth-order valence-electron chi connectivity index (χ4n) is 2.73. The second-order valence-electron chi connectivity index (χ2n) is 5.62. The van der Waals surface area contributed by atoms with E-state index in [2.05, 4.69) is 10.1 Å². The highest BCUT2D eigenvalue weighted by Crippen LogP contribution is 2.34. The number of carbonyl (C=O) groups is 1. The second-order valence-corrected chi connectivity index (χ2v) is 5.62. The van der Waals surface area contributed by atoms with Crippen LogP contribution < -0.4 is 0 Å². The number of likely N-dealkylation sites (tertiary alicyclic amines) is 1. The first kappa shape index (κ1) is 16.7. The summed E-state index contributed by atoms with van der Waals surface area (Å²) in [5.74, 6) is -2.85. The van der Waals surface area contributed by atoms with Crippen LogP contribution >= 0.6 is 0 Å². The highest BCUT2D eigenvalue weighted by molar-refractivity contribution is 5.65. The average Bonchev–Trinajstić information content (AvgIpc) is 3.19. The molecule has 11 heteroatoms. The molecular weight excluding hydrogens is 342 g/mol. The van der Waals surface area contributed by atoms with Crippen LogP contribution in [-0.2, 0) is 0 Å². The van der Waals surface area contributed by atoms with E-state index in [1.807, 2.05) is 0 Å². The maximum absolute atomic E-state index is 14.4. The van der Waals surface area contributed by atoms with Gasteiger partial charge in [0, 0.05) is 13.1 Å². The zero-order valence-electron chi connectivity index (χ0n) is 12.9. The molecule has 25 heavy (non-hydrogen) atoms. The van der Waals surface area contributed by atoms with Gasteiger partial charge in [-0.2, -0.15) is 9.37 Å². The van der Waals surface area contributed by atoms with Crippen molar-refractivity contribution in [3.63, 3.8) is 0 Å². The Hall–Kier alpha value is -3.11. The number of nitrogens with zero attached hydrogens (tertiary/aromatic N) is 4. The lowest BCUT2D eigenvalue weighted by Crippen LogP contribution is -2.26. The van der Waals surface area contributed by atoms with E-state index in [4.69, 9.17) is 9.63 Å². The lowest BCUT2D eigenvalue weighted by Gasteiger charge is -2.09. The van der Waals surface area contributed by atoms with E-state index in [9.17, 15) is 23.7 Å². The zero-order chi connectivity index (χ0) is 18.3. The van der Waals surface area contributed by atoms with Gasteiger partial charge in [0.25, 0.3) is 0 Å². The maximum Gasteiger partial charge on any atom is 0.407 e. The van der Waals surface area contributed by atoms with Crippen LogP contribution in [-0.4, -0.2) is 44.3 Å². The van der Waals surface area contributed by atoms with Gasteiger partial charge < -0.3 is 14.5 Å². The molecule has 9 nitrogen and oxygen atoms in total. The minimum absolute atomic E-state index is 0.0711. The van der Waals surface area contributed by atoms with Gasteiger partial charge in [0.2, 0.25) is 17.5 Å². The van der Waals surface area contributed by atoms with Crippen molar-refractivity contribution in [3.8, 4) is 11.4 Å². The van der Waals surface area contributed by atoms with Gasteiger partial charge in [0.1, 0.15) is 5.82 Å². The molecule has 1 atom stereocenters. The molecule has 1 aliphatic rings. The van der Waals surface area contributed by atoms with Gasteiger partial charge in [0.05, 0.1) is 22.0 Å². The number of nitro groups is 1. The highest BCUT2D eigenvalue weighted by atomic mass is 19.1. The van der Waals surface area contributed by atoms with E-state index in [-0.39, 0.29) is 30.7 Å². The molecule has 132 valence electrons. The summed E-state index contributed by atoms with van der Waals surface area (Å²) in [6, 6.07) is 0.768. The number of carboxylic acid groups (broad SMARTS) is 1. The molecule has 3 rings (SSSR count). The first-order valence-electron chi connectivity index (χ1n) is 7.24. The molecule has 2 heterocycles. The number of amides is 1. The highest BCUT2D eigenvalue weighted by Gasteiger charge is 2.32. The predicted octanol–water partition coefficient (Wildman–Crippen LogP) is 2.70. The summed E-state index contributed by atoms with van der Waals surface area (Å²) in [4.78, 5) is 26.0. The number of hydrogen-bond acceptors (Lipinski definition) is 6. The number of rotatable bonds is 3. The summed E-state index contributed by atoms with van der Waals surface area (Å²) in [6.07, 6.45) is -0.636. The molecule has 0 aliphatic carbocycles. The summed E-state index contributed by atoms with van der Waals surface area (Å²) < 4.78 is 33.3. The summed E-state index contributed by atoms with van der Waals surface area (Å²) in [5.41, 5.74) is -1.90. The molecule has 1 aromatic heterocycles. The van der Waals surface area contributed by atoms with Crippen LogP contribution in [0.1, 0.15) is 23.8 Å². The molecule has 1 aliphatic heterocycles. The van der Waals surface area contributed by atoms with Gasteiger partial charge in [-0.25, -0.2) is 9.18 Å². The first-order valence-corrected chi connectivity index (χ1v) is 7.24. The number of halogens is 2.